The molecule has 1 saturated carbocycles. The summed E-state index contributed by atoms with van der Waals surface area (Å²) in [7, 11) is 3.55. The van der Waals surface area contributed by atoms with Crippen LogP contribution in [0.15, 0.2) is 29.3 Å². The fraction of sp³-hybridized carbons (Fsp3) is 0.600. The van der Waals surface area contributed by atoms with Gasteiger partial charge in [0.2, 0.25) is 5.91 Å². The third kappa shape index (κ3) is 4.50. The van der Waals surface area contributed by atoms with E-state index in [0.29, 0.717) is 12.3 Å². The van der Waals surface area contributed by atoms with Crippen molar-refractivity contribution in [1.82, 2.24) is 15.5 Å². The molecule has 1 aromatic carbocycles. The average molecular weight is 377 g/mol. The van der Waals surface area contributed by atoms with Crippen molar-refractivity contribution in [3.8, 4) is 0 Å². The van der Waals surface area contributed by atoms with Crippen LogP contribution in [0.5, 0.6) is 0 Å². The molecule has 0 unspecified atom stereocenters. The van der Waals surface area contributed by atoms with E-state index in [1.165, 1.54) is 18.4 Å². The lowest BCUT2D eigenvalue weighted by atomic mass is 9.93. The van der Waals surface area contributed by atoms with Crippen molar-refractivity contribution in [2.24, 2.45) is 10.9 Å². The zero-order valence-electron chi connectivity index (χ0n) is 15.7. The standard InChI is InChI=1S/C20H29ClN4O/c1-22-18(26)12-15-6-10-25(11-7-15)19(23-2)24-14-20(8-9-20)16-4-3-5-17(21)13-16/h3-5,13,15H,6-12,14H2,1-2H3,(H,22,26)(H,23,24). The third-order valence-electron chi connectivity index (χ3n) is 5.75. The molecule has 6 heteroatoms. The van der Waals surface area contributed by atoms with Gasteiger partial charge in [-0.1, -0.05) is 23.7 Å². The molecular weight excluding hydrogens is 348 g/mol. The van der Waals surface area contributed by atoms with Crippen LogP contribution in [0.1, 0.15) is 37.7 Å². The smallest absolute Gasteiger partial charge is 0.220 e. The maximum atomic E-state index is 11.6. The number of halogens is 1. The van der Waals surface area contributed by atoms with Crippen LogP contribution < -0.4 is 10.6 Å². The molecule has 2 aliphatic rings. The quantitative estimate of drug-likeness (QED) is 0.613. The molecule has 1 aliphatic carbocycles. The number of piperidine rings is 1. The Morgan fingerprint density at radius 3 is 2.65 bits per heavy atom. The summed E-state index contributed by atoms with van der Waals surface area (Å²) in [5, 5.41) is 7.11. The highest BCUT2D eigenvalue weighted by atomic mass is 35.5. The van der Waals surface area contributed by atoms with Gasteiger partial charge in [0.25, 0.3) is 0 Å². The highest BCUT2D eigenvalue weighted by Crippen LogP contribution is 2.48. The van der Waals surface area contributed by atoms with Gasteiger partial charge >= 0.3 is 0 Å². The number of carbonyl (C=O) groups excluding carboxylic acids is 1. The first-order chi connectivity index (χ1) is 12.6. The summed E-state index contributed by atoms with van der Waals surface area (Å²) in [6, 6.07) is 8.22. The molecule has 0 spiro atoms. The Kier molecular flexibility index (Phi) is 6.07. The lowest BCUT2D eigenvalue weighted by molar-refractivity contribution is -0.121. The third-order valence-corrected chi connectivity index (χ3v) is 5.99. The zero-order valence-corrected chi connectivity index (χ0v) is 16.5. The van der Waals surface area contributed by atoms with E-state index in [1.807, 2.05) is 19.2 Å². The monoisotopic (exact) mass is 376 g/mol. The minimum atomic E-state index is 0.142. The summed E-state index contributed by atoms with van der Waals surface area (Å²) in [5.74, 6) is 1.59. The van der Waals surface area contributed by atoms with Crippen LogP contribution in [-0.4, -0.2) is 50.5 Å². The van der Waals surface area contributed by atoms with Gasteiger partial charge < -0.3 is 15.5 Å². The molecule has 2 fully saturated rings. The summed E-state index contributed by atoms with van der Waals surface area (Å²) < 4.78 is 0. The Labute approximate surface area is 161 Å². The Morgan fingerprint density at radius 1 is 1.35 bits per heavy atom. The number of aliphatic imine (C=N–C) groups is 1. The Balaban J connectivity index is 1.52. The summed E-state index contributed by atoms with van der Waals surface area (Å²) in [6.45, 7) is 2.79. The molecule has 26 heavy (non-hydrogen) atoms. The topological polar surface area (TPSA) is 56.7 Å². The molecule has 0 radical (unpaired) electrons. The van der Waals surface area contributed by atoms with Crippen LogP contribution in [0.3, 0.4) is 0 Å². The van der Waals surface area contributed by atoms with Gasteiger partial charge in [-0.2, -0.15) is 0 Å². The van der Waals surface area contributed by atoms with Crippen molar-refractivity contribution in [2.75, 3.05) is 33.7 Å². The predicted octanol–water partition coefficient (Wildman–Crippen LogP) is 2.80. The molecule has 0 atom stereocenters. The van der Waals surface area contributed by atoms with Gasteiger partial charge in [-0.25, -0.2) is 0 Å². The van der Waals surface area contributed by atoms with E-state index in [9.17, 15) is 4.79 Å². The van der Waals surface area contributed by atoms with Crippen molar-refractivity contribution in [2.45, 2.75) is 37.5 Å². The normalized spacial score (nSPS) is 20.0. The average Bonchev–Trinajstić information content (AvgIpc) is 3.44. The first-order valence-corrected chi connectivity index (χ1v) is 9.86. The highest BCUT2D eigenvalue weighted by Gasteiger charge is 2.44. The molecule has 3 rings (SSSR count). The Morgan fingerprint density at radius 2 is 2.08 bits per heavy atom. The fourth-order valence-corrected chi connectivity index (χ4v) is 4.02. The van der Waals surface area contributed by atoms with Gasteiger partial charge in [-0.15, -0.1) is 0 Å². The van der Waals surface area contributed by atoms with Gasteiger partial charge in [-0.3, -0.25) is 9.79 Å². The summed E-state index contributed by atoms with van der Waals surface area (Å²) in [5.41, 5.74) is 1.51. The lowest BCUT2D eigenvalue weighted by Gasteiger charge is -2.34. The number of hydrogen-bond donors (Lipinski definition) is 2. The van der Waals surface area contributed by atoms with Crippen LogP contribution in [0.25, 0.3) is 0 Å². The van der Waals surface area contributed by atoms with Gasteiger partial charge in [0.05, 0.1) is 0 Å². The lowest BCUT2D eigenvalue weighted by Crippen LogP contribution is -2.47. The SMILES string of the molecule is CN=C(NCC1(c2cccc(Cl)c2)CC1)N1CCC(CC(=O)NC)CC1. The number of carbonyl (C=O) groups is 1. The maximum absolute atomic E-state index is 11.6. The number of amides is 1. The maximum Gasteiger partial charge on any atom is 0.220 e. The minimum Gasteiger partial charge on any atom is -0.359 e. The van der Waals surface area contributed by atoms with E-state index >= 15 is 0 Å². The molecule has 2 N–H and O–H groups in total. The van der Waals surface area contributed by atoms with E-state index in [2.05, 4.69) is 32.7 Å². The minimum absolute atomic E-state index is 0.142. The molecule has 1 heterocycles. The number of guanidine groups is 1. The summed E-state index contributed by atoms with van der Waals surface area (Å²) in [4.78, 5) is 18.4. The number of hydrogen-bond acceptors (Lipinski definition) is 2. The van der Waals surface area contributed by atoms with Crippen molar-refractivity contribution >= 4 is 23.5 Å². The van der Waals surface area contributed by atoms with E-state index in [1.54, 1.807) is 7.05 Å². The summed E-state index contributed by atoms with van der Waals surface area (Å²) >= 11 is 6.17. The Hall–Kier alpha value is -1.75. The first kappa shape index (κ1) is 19.0. The van der Waals surface area contributed by atoms with Crippen molar-refractivity contribution < 1.29 is 4.79 Å². The number of nitrogens with one attached hydrogen (secondary N) is 2. The van der Waals surface area contributed by atoms with Crippen LogP contribution >= 0.6 is 11.6 Å². The second-order valence-corrected chi connectivity index (χ2v) is 7.94. The van der Waals surface area contributed by atoms with E-state index in [-0.39, 0.29) is 11.3 Å². The molecule has 1 aromatic rings. The van der Waals surface area contributed by atoms with Crippen molar-refractivity contribution in [1.29, 1.82) is 0 Å². The van der Waals surface area contributed by atoms with Gasteiger partial charge in [0.1, 0.15) is 0 Å². The number of rotatable bonds is 5. The van der Waals surface area contributed by atoms with Crippen molar-refractivity contribution in [3.63, 3.8) is 0 Å². The summed E-state index contributed by atoms with van der Waals surface area (Å²) in [6.07, 6.45) is 5.08. The largest absolute Gasteiger partial charge is 0.359 e. The van der Waals surface area contributed by atoms with Crippen molar-refractivity contribution in [3.05, 3.63) is 34.9 Å². The highest BCUT2D eigenvalue weighted by molar-refractivity contribution is 6.30. The Bertz CT molecular complexity index is 664. The predicted molar refractivity (Wildman–Crippen MR) is 107 cm³/mol. The van der Waals surface area contributed by atoms with Gasteiger partial charge in [0, 0.05) is 50.6 Å². The molecule has 1 aliphatic heterocycles. The number of nitrogens with zero attached hydrogens (tertiary/aromatic N) is 2. The van der Waals surface area contributed by atoms with Crippen LogP contribution in [-0.2, 0) is 10.2 Å². The zero-order chi connectivity index (χ0) is 18.6. The second-order valence-electron chi connectivity index (χ2n) is 7.50. The van der Waals surface area contributed by atoms with Gasteiger partial charge in [0.15, 0.2) is 5.96 Å². The molecular formula is C20H29ClN4O. The van der Waals surface area contributed by atoms with Crippen LogP contribution in [0.4, 0.5) is 0 Å². The molecule has 5 nitrogen and oxygen atoms in total. The van der Waals surface area contributed by atoms with Crippen LogP contribution in [0, 0.1) is 5.92 Å². The van der Waals surface area contributed by atoms with E-state index in [0.717, 1.165) is 43.5 Å². The molecule has 142 valence electrons. The molecule has 0 bridgehead atoms. The first-order valence-electron chi connectivity index (χ1n) is 9.48. The molecule has 1 amide bonds. The fourth-order valence-electron chi connectivity index (χ4n) is 3.83. The number of benzene rings is 1. The van der Waals surface area contributed by atoms with E-state index in [4.69, 9.17) is 11.6 Å². The van der Waals surface area contributed by atoms with E-state index < -0.39 is 0 Å². The molecule has 0 aromatic heterocycles. The van der Waals surface area contributed by atoms with Gasteiger partial charge in [-0.05, 0) is 49.3 Å². The number of likely N-dealkylation sites (tertiary alicyclic amines) is 1. The van der Waals surface area contributed by atoms with Crippen LogP contribution in [0.2, 0.25) is 5.02 Å². The molecule has 1 saturated heterocycles. The second kappa shape index (κ2) is 8.30.